The fourth-order valence-electron chi connectivity index (χ4n) is 9.05. The van der Waals surface area contributed by atoms with E-state index in [0.717, 1.165) is 22.2 Å². The first-order valence-corrected chi connectivity index (χ1v) is 18.4. The summed E-state index contributed by atoms with van der Waals surface area (Å²) < 4.78 is 2.37. The second-order valence-corrected chi connectivity index (χ2v) is 14.6. The number of allylic oxidation sites excluding steroid dienone is 2. The number of anilines is 2. The Labute approximate surface area is 308 Å². The normalized spacial score (nSPS) is 17.6. The van der Waals surface area contributed by atoms with E-state index >= 15 is 0 Å². The minimum Gasteiger partial charge on any atom is -0.333 e. The molecule has 0 saturated carbocycles. The van der Waals surface area contributed by atoms with Crippen molar-refractivity contribution in [1.29, 1.82) is 0 Å². The number of fused-ring (bicyclic) bond motifs is 9. The van der Waals surface area contributed by atoms with Crippen LogP contribution in [0.1, 0.15) is 12.5 Å². The predicted octanol–water partition coefficient (Wildman–Crippen LogP) is 12.7. The summed E-state index contributed by atoms with van der Waals surface area (Å²) in [6, 6.07) is 59.7. The van der Waals surface area contributed by atoms with Gasteiger partial charge in [-0.1, -0.05) is 121 Å². The van der Waals surface area contributed by atoms with Crippen LogP contribution in [0.5, 0.6) is 0 Å². The summed E-state index contributed by atoms with van der Waals surface area (Å²) in [5.41, 5.74) is 12.7. The lowest BCUT2D eigenvalue weighted by Crippen LogP contribution is -2.39. The van der Waals surface area contributed by atoms with E-state index in [1.54, 1.807) is 0 Å². The van der Waals surface area contributed by atoms with E-state index in [1.165, 1.54) is 66.3 Å². The molecule has 2 unspecified atom stereocenters. The number of nitrogens with zero attached hydrogens (tertiary/aromatic N) is 3. The van der Waals surface area contributed by atoms with Gasteiger partial charge in [-0.25, -0.2) is 4.98 Å². The molecule has 11 rings (SSSR count). The van der Waals surface area contributed by atoms with Crippen molar-refractivity contribution in [1.82, 2.24) is 9.55 Å². The average molecular weight is 678 g/mol. The molecule has 0 amide bonds. The van der Waals surface area contributed by atoms with Crippen LogP contribution in [0.15, 0.2) is 188 Å². The third kappa shape index (κ3) is 4.44. The van der Waals surface area contributed by atoms with Crippen molar-refractivity contribution in [3.63, 3.8) is 0 Å². The smallest absolute Gasteiger partial charge is 0.0788 e. The van der Waals surface area contributed by atoms with Crippen molar-refractivity contribution in [2.75, 3.05) is 4.90 Å². The van der Waals surface area contributed by atoms with Crippen LogP contribution in [0.3, 0.4) is 0 Å². The van der Waals surface area contributed by atoms with Crippen LogP contribution < -0.4 is 4.90 Å². The van der Waals surface area contributed by atoms with Crippen LogP contribution in [0.2, 0.25) is 0 Å². The van der Waals surface area contributed by atoms with Crippen molar-refractivity contribution < 1.29 is 0 Å². The molecule has 3 heteroatoms. The highest BCUT2D eigenvalue weighted by Crippen LogP contribution is 2.52. The summed E-state index contributed by atoms with van der Waals surface area (Å²) in [6.07, 6.45) is 9.10. The Balaban J connectivity index is 1.11. The van der Waals surface area contributed by atoms with Gasteiger partial charge in [0.25, 0.3) is 0 Å². The summed E-state index contributed by atoms with van der Waals surface area (Å²) in [5.74, 6) is 0. The zero-order chi connectivity index (χ0) is 35.1. The van der Waals surface area contributed by atoms with Crippen LogP contribution in [0.4, 0.5) is 11.4 Å². The zero-order valence-corrected chi connectivity index (χ0v) is 29.3. The van der Waals surface area contributed by atoms with Gasteiger partial charge in [0.1, 0.15) is 0 Å². The first-order chi connectivity index (χ1) is 26.2. The van der Waals surface area contributed by atoms with Crippen LogP contribution in [0.25, 0.3) is 71.6 Å². The van der Waals surface area contributed by atoms with Crippen LogP contribution in [-0.4, -0.2) is 15.6 Å². The van der Waals surface area contributed by atoms with Crippen molar-refractivity contribution in [3.8, 4) is 28.1 Å². The van der Waals surface area contributed by atoms with Crippen molar-refractivity contribution in [3.05, 3.63) is 194 Å². The highest BCUT2D eigenvalue weighted by Gasteiger charge is 2.46. The fourth-order valence-corrected chi connectivity index (χ4v) is 9.05. The molecule has 3 nitrogen and oxygen atoms in total. The van der Waals surface area contributed by atoms with Gasteiger partial charge in [0.2, 0.25) is 0 Å². The second-order valence-electron chi connectivity index (χ2n) is 14.6. The monoisotopic (exact) mass is 677 g/mol. The third-order valence-corrected chi connectivity index (χ3v) is 11.6. The third-order valence-electron chi connectivity index (χ3n) is 11.6. The SMILES string of the molecule is CC12C=CC=CC1N(c1ccccc1)c1ccc(-c3nc4ccccc4c4ccc(-c5ccc6c(c5)c5ccccc5n6-c5ccccc5)cc34)cc12. The maximum Gasteiger partial charge on any atom is 0.0788 e. The molecule has 0 radical (unpaired) electrons. The van der Waals surface area contributed by atoms with Gasteiger partial charge in [-0.05, 0) is 95.7 Å². The van der Waals surface area contributed by atoms with E-state index < -0.39 is 0 Å². The molecular weight excluding hydrogens is 643 g/mol. The van der Waals surface area contributed by atoms with Crippen molar-refractivity contribution >= 4 is 54.9 Å². The minimum absolute atomic E-state index is 0.178. The number of benzene rings is 7. The number of pyridine rings is 1. The van der Waals surface area contributed by atoms with Gasteiger partial charge in [0, 0.05) is 49.6 Å². The Morgan fingerprint density at radius 3 is 2.00 bits per heavy atom. The molecule has 0 fully saturated rings. The molecule has 250 valence electrons. The fraction of sp³-hybridized carbons (Fsp3) is 0.0600. The Bertz CT molecular complexity index is 2970. The molecule has 53 heavy (non-hydrogen) atoms. The highest BCUT2D eigenvalue weighted by molar-refractivity contribution is 6.13. The molecule has 0 saturated heterocycles. The first kappa shape index (κ1) is 30.0. The molecule has 2 atom stereocenters. The van der Waals surface area contributed by atoms with Gasteiger partial charge in [0.15, 0.2) is 0 Å². The van der Waals surface area contributed by atoms with Gasteiger partial charge in [0.05, 0.1) is 28.3 Å². The largest absolute Gasteiger partial charge is 0.333 e. The maximum absolute atomic E-state index is 5.42. The molecule has 9 aromatic rings. The van der Waals surface area contributed by atoms with Crippen LogP contribution >= 0.6 is 0 Å². The molecule has 1 aliphatic carbocycles. The number of rotatable bonds is 4. The first-order valence-electron chi connectivity index (χ1n) is 18.4. The molecule has 0 spiro atoms. The van der Waals surface area contributed by atoms with Gasteiger partial charge in [-0.2, -0.15) is 0 Å². The van der Waals surface area contributed by atoms with Crippen LogP contribution in [-0.2, 0) is 5.41 Å². The second kappa shape index (κ2) is 11.4. The van der Waals surface area contributed by atoms with Gasteiger partial charge in [-0.15, -0.1) is 0 Å². The number of hydrogen-bond donors (Lipinski definition) is 0. The molecular formula is C50H35N3. The maximum atomic E-state index is 5.42. The molecule has 0 N–H and O–H groups in total. The number of hydrogen-bond acceptors (Lipinski definition) is 2. The van der Waals surface area contributed by atoms with Crippen LogP contribution in [0, 0.1) is 0 Å². The predicted molar refractivity (Wildman–Crippen MR) is 222 cm³/mol. The molecule has 2 aliphatic rings. The zero-order valence-electron chi connectivity index (χ0n) is 29.3. The van der Waals surface area contributed by atoms with Crippen molar-refractivity contribution in [2.45, 2.75) is 18.4 Å². The van der Waals surface area contributed by atoms with Crippen molar-refractivity contribution in [2.24, 2.45) is 0 Å². The Hall–Kier alpha value is -6.71. The standard InChI is InChI=1S/C50H35N3/c1-50-29-13-12-22-48(50)53(37-16-6-3-7-17-37)47-28-25-35(32-43(47)50)49-42-31-33(23-26-38(42)39-18-8-10-20-44(39)51-49)34-24-27-46-41(30-34)40-19-9-11-21-45(40)52(46)36-14-4-2-5-15-36/h2-32,48H,1H3. The average Bonchev–Trinajstić information content (AvgIpc) is 3.69. The lowest BCUT2D eigenvalue weighted by atomic mass is 9.75. The summed E-state index contributed by atoms with van der Waals surface area (Å²) >= 11 is 0. The minimum atomic E-state index is -0.178. The van der Waals surface area contributed by atoms with E-state index in [2.05, 4.69) is 204 Å². The topological polar surface area (TPSA) is 21.1 Å². The summed E-state index contributed by atoms with van der Waals surface area (Å²) in [4.78, 5) is 7.91. The van der Waals surface area contributed by atoms with Gasteiger partial charge >= 0.3 is 0 Å². The molecule has 1 aliphatic heterocycles. The molecule has 3 heterocycles. The molecule has 0 bridgehead atoms. The summed E-state index contributed by atoms with van der Waals surface area (Å²) in [6.45, 7) is 2.37. The van der Waals surface area contributed by atoms with Gasteiger partial charge < -0.3 is 9.47 Å². The Morgan fingerprint density at radius 1 is 0.509 bits per heavy atom. The summed E-state index contributed by atoms with van der Waals surface area (Å²) in [7, 11) is 0. The molecule has 2 aromatic heterocycles. The van der Waals surface area contributed by atoms with E-state index in [1.807, 2.05) is 0 Å². The lowest BCUT2D eigenvalue weighted by Gasteiger charge is -2.34. The summed E-state index contributed by atoms with van der Waals surface area (Å²) in [5, 5.41) is 6.04. The number of para-hydroxylation sites is 4. The van der Waals surface area contributed by atoms with E-state index in [4.69, 9.17) is 4.98 Å². The number of aromatic nitrogens is 2. The van der Waals surface area contributed by atoms with E-state index in [9.17, 15) is 0 Å². The van der Waals surface area contributed by atoms with E-state index in [-0.39, 0.29) is 11.5 Å². The van der Waals surface area contributed by atoms with E-state index in [0.29, 0.717) is 0 Å². The van der Waals surface area contributed by atoms with Gasteiger partial charge in [-0.3, -0.25) is 0 Å². The Morgan fingerprint density at radius 2 is 1.17 bits per heavy atom. The Kier molecular flexibility index (Phi) is 6.44. The quantitative estimate of drug-likeness (QED) is 0.173. The molecule has 7 aromatic carbocycles. The lowest BCUT2D eigenvalue weighted by molar-refractivity contribution is 0.551. The highest BCUT2D eigenvalue weighted by atomic mass is 15.2.